The number of hydrogen-bond donors (Lipinski definition) is 1. The first-order valence-corrected chi connectivity index (χ1v) is 7.44. The molecular weight excluding hydrogens is 288 g/mol. The van der Waals surface area contributed by atoms with E-state index in [0.29, 0.717) is 0 Å². The largest absolute Gasteiger partial charge is 0.497 e. The van der Waals surface area contributed by atoms with Crippen molar-refractivity contribution >= 4 is 12.4 Å². The number of rotatable bonds is 7. The maximum atomic E-state index is 5.75. The van der Waals surface area contributed by atoms with Crippen molar-refractivity contribution in [3.63, 3.8) is 0 Å². The lowest BCUT2D eigenvalue weighted by Gasteiger charge is -2.27. The maximum Gasteiger partial charge on any atom is 0.119 e. The lowest BCUT2D eigenvalue weighted by molar-refractivity contribution is 0.200. The Hall–Kier alpha value is -0.970. The first-order valence-electron chi connectivity index (χ1n) is 7.44. The highest BCUT2D eigenvalue weighted by molar-refractivity contribution is 5.85. The van der Waals surface area contributed by atoms with Crippen LogP contribution in [-0.2, 0) is 0 Å². The van der Waals surface area contributed by atoms with E-state index in [9.17, 15) is 0 Å². The molecule has 1 fully saturated rings. The number of piperidine rings is 1. The highest BCUT2D eigenvalue weighted by Gasteiger charge is 2.14. The summed E-state index contributed by atoms with van der Waals surface area (Å²) < 4.78 is 10.9. The fourth-order valence-electron chi connectivity index (χ4n) is 2.60. The van der Waals surface area contributed by atoms with Gasteiger partial charge in [-0.3, -0.25) is 0 Å². The Morgan fingerprint density at radius 3 is 2.57 bits per heavy atom. The molecule has 0 bridgehead atoms. The fourth-order valence-corrected chi connectivity index (χ4v) is 2.60. The molecule has 1 saturated heterocycles. The average Bonchev–Trinajstić information content (AvgIpc) is 2.49. The van der Waals surface area contributed by atoms with Crippen LogP contribution in [0.25, 0.3) is 0 Å². The Balaban J connectivity index is 0.00000220. The molecule has 1 atom stereocenters. The summed E-state index contributed by atoms with van der Waals surface area (Å²) in [7, 11) is 3.84. The van der Waals surface area contributed by atoms with Crippen molar-refractivity contribution < 1.29 is 9.47 Å². The zero-order chi connectivity index (χ0) is 14.2. The number of halogens is 1. The second-order valence-corrected chi connectivity index (χ2v) is 5.50. The van der Waals surface area contributed by atoms with Crippen LogP contribution in [0.4, 0.5) is 0 Å². The molecule has 0 aliphatic carbocycles. The SMILES string of the molecule is COc1ccc(OCCN(C)CC2CCCNC2)cc1.Cl. The number of nitrogens with zero attached hydrogens (tertiary/aromatic N) is 1. The molecule has 0 saturated carbocycles. The van der Waals surface area contributed by atoms with E-state index in [-0.39, 0.29) is 12.4 Å². The summed E-state index contributed by atoms with van der Waals surface area (Å²) >= 11 is 0. The monoisotopic (exact) mass is 314 g/mol. The minimum Gasteiger partial charge on any atom is -0.497 e. The van der Waals surface area contributed by atoms with Gasteiger partial charge in [0.15, 0.2) is 0 Å². The Kier molecular flexibility index (Phi) is 8.50. The van der Waals surface area contributed by atoms with Crippen molar-refractivity contribution in [3.05, 3.63) is 24.3 Å². The van der Waals surface area contributed by atoms with Gasteiger partial charge < -0.3 is 19.7 Å². The van der Waals surface area contributed by atoms with Crippen molar-refractivity contribution in [2.75, 3.05) is 46.9 Å². The third-order valence-corrected chi connectivity index (χ3v) is 3.77. The van der Waals surface area contributed by atoms with Crippen LogP contribution in [0.3, 0.4) is 0 Å². The Bertz CT molecular complexity index is 380. The summed E-state index contributed by atoms with van der Waals surface area (Å²) in [6.07, 6.45) is 2.65. The summed E-state index contributed by atoms with van der Waals surface area (Å²) in [4.78, 5) is 2.36. The van der Waals surface area contributed by atoms with Gasteiger partial charge in [-0.05, 0) is 63.2 Å². The molecule has 1 heterocycles. The number of ether oxygens (including phenoxy) is 2. The van der Waals surface area contributed by atoms with Gasteiger partial charge in [0.05, 0.1) is 7.11 Å². The van der Waals surface area contributed by atoms with Gasteiger partial charge in [-0.1, -0.05) is 0 Å². The normalized spacial score (nSPS) is 18.1. The van der Waals surface area contributed by atoms with Crippen LogP contribution in [-0.4, -0.2) is 51.8 Å². The van der Waals surface area contributed by atoms with Crippen LogP contribution in [0, 0.1) is 5.92 Å². The van der Waals surface area contributed by atoms with Gasteiger partial charge in [0.1, 0.15) is 18.1 Å². The molecule has 1 unspecified atom stereocenters. The standard InChI is InChI=1S/C16H26N2O2.ClH/c1-18(13-14-4-3-9-17-12-14)10-11-20-16-7-5-15(19-2)6-8-16;/h5-8,14,17H,3-4,9-13H2,1-2H3;1H. The predicted octanol–water partition coefficient (Wildman–Crippen LogP) is 2.43. The molecule has 1 aliphatic heterocycles. The first-order chi connectivity index (χ1) is 9.78. The van der Waals surface area contributed by atoms with Gasteiger partial charge in [-0.15, -0.1) is 12.4 Å². The van der Waals surface area contributed by atoms with E-state index >= 15 is 0 Å². The molecule has 5 heteroatoms. The highest BCUT2D eigenvalue weighted by atomic mass is 35.5. The molecule has 0 radical (unpaired) electrons. The summed E-state index contributed by atoms with van der Waals surface area (Å²) in [5, 5.41) is 3.46. The van der Waals surface area contributed by atoms with Gasteiger partial charge in [0, 0.05) is 13.1 Å². The van der Waals surface area contributed by atoms with Crippen LogP contribution in [0.2, 0.25) is 0 Å². The molecule has 1 aromatic rings. The van der Waals surface area contributed by atoms with Gasteiger partial charge in [-0.25, -0.2) is 0 Å². The van der Waals surface area contributed by atoms with Crippen molar-refractivity contribution in [1.82, 2.24) is 10.2 Å². The van der Waals surface area contributed by atoms with Crippen LogP contribution in [0.15, 0.2) is 24.3 Å². The zero-order valence-electron chi connectivity index (χ0n) is 13.0. The fraction of sp³-hybridized carbons (Fsp3) is 0.625. The van der Waals surface area contributed by atoms with E-state index < -0.39 is 0 Å². The molecule has 1 N–H and O–H groups in total. The molecule has 1 aromatic carbocycles. The van der Waals surface area contributed by atoms with Gasteiger partial charge in [-0.2, -0.15) is 0 Å². The van der Waals surface area contributed by atoms with E-state index in [2.05, 4.69) is 17.3 Å². The van der Waals surface area contributed by atoms with Gasteiger partial charge in [0.2, 0.25) is 0 Å². The number of hydrogen-bond acceptors (Lipinski definition) is 4. The molecule has 1 aliphatic rings. The van der Waals surface area contributed by atoms with Crippen molar-refractivity contribution in [1.29, 1.82) is 0 Å². The smallest absolute Gasteiger partial charge is 0.119 e. The summed E-state index contributed by atoms with van der Waals surface area (Å²) in [6, 6.07) is 7.74. The Morgan fingerprint density at radius 1 is 1.24 bits per heavy atom. The lowest BCUT2D eigenvalue weighted by atomic mass is 9.99. The zero-order valence-corrected chi connectivity index (χ0v) is 13.8. The van der Waals surface area contributed by atoms with E-state index in [1.54, 1.807) is 7.11 Å². The maximum absolute atomic E-state index is 5.75. The van der Waals surface area contributed by atoms with E-state index in [4.69, 9.17) is 9.47 Å². The molecular formula is C16H27ClN2O2. The number of benzene rings is 1. The van der Waals surface area contributed by atoms with Crippen LogP contribution in [0.1, 0.15) is 12.8 Å². The molecule has 4 nitrogen and oxygen atoms in total. The number of methoxy groups -OCH3 is 1. The van der Waals surface area contributed by atoms with E-state index in [1.165, 1.54) is 19.4 Å². The van der Waals surface area contributed by atoms with Gasteiger partial charge in [0.25, 0.3) is 0 Å². The number of likely N-dealkylation sites (N-methyl/N-ethyl adjacent to an activating group) is 1. The topological polar surface area (TPSA) is 33.7 Å². The molecule has 21 heavy (non-hydrogen) atoms. The van der Waals surface area contributed by atoms with Crippen LogP contribution in [0.5, 0.6) is 11.5 Å². The minimum atomic E-state index is 0. The highest BCUT2D eigenvalue weighted by Crippen LogP contribution is 2.17. The van der Waals surface area contributed by atoms with Crippen molar-refractivity contribution in [2.24, 2.45) is 5.92 Å². The predicted molar refractivity (Wildman–Crippen MR) is 88.8 cm³/mol. The Labute approximate surface area is 134 Å². The van der Waals surface area contributed by atoms with Gasteiger partial charge >= 0.3 is 0 Å². The second kappa shape index (κ2) is 9.87. The van der Waals surface area contributed by atoms with Crippen LogP contribution < -0.4 is 14.8 Å². The lowest BCUT2D eigenvalue weighted by Crippen LogP contribution is -2.38. The molecule has 120 valence electrons. The second-order valence-electron chi connectivity index (χ2n) is 5.50. The Morgan fingerprint density at radius 2 is 1.95 bits per heavy atom. The van der Waals surface area contributed by atoms with E-state index in [0.717, 1.165) is 43.7 Å². The molecule has 0 amide bonds. The molecule has 0 spiro atoms. The summed E-state index contributed by atoms with van der Waals surface area (Å²) in [5.41, 5.74) is 0. The molecule has 2 rings (SSSR count). The first kappa shape index (κ1) is 18.1. The third kappa shape index (κ3) is 6.55. The van der Waals surface area contributed by atoms with E-state index in [1.807, 2.05) is 24.3 Å². The third-order valence-electron chi connectivity index (χ3n) is 3.77. The average molecular weight is 315 g/mol. The quantitative estimate of drug-likeness (QED) is 0.838. The minimum absolute atomic E-state index is 0. The summed E-state index contributed by atoms with van der Waals surface area (Å²) in [6.45, 7) is 5.18. The van der Waals surface area contributed by atoms with Crippen molar-refractivity contribution in [2.45, 2.75) is 12.8 Å². The van der Waals surface area contributed by atoms with Crippen LogP contribution >= 0.6 is 12.4 Å². The molecule has 0 aromatic heterocycles. The summed E-state index contributed by atoms with van der Waals surface area (Å²) in [5.74, 6) is 2.55. The van der Waals surface area contributed by atoms with Crippen molar-refractivity contribution in [3.8, 4) is 11.5 Å². The number of nitrogens with one attached hydrogen (secondary N) is 1.